The van der Waals surface area contributed by atoms with Crippen LogP contribution in [0.4, 0.5) is 0 Å². The molecule has 0 saturated heterocycles. The van der Waals surface area contributed by atoms with E-state index in [0.717, 1.165) is 16.7 Å². The molecule has 2 rings (SSSR count). The van der Waals surface area contributed by atoms with Gasteiger partial charge in [-0.1, -0.05) is 36.4 Å². The molecule has 24 heavy (non-hydrogen) atoms. The van der Waals surface area contributed by atoms with Gasteiger partial charge in [-0.3, -0.25) is 4.79 Å². The van der Waals surface area contributed by atoms with E-state index in [1.807, 2.05) is 44.2 Å². The standard InChI is InChI=1S/C20H22O4/c1-13-18(22-3)14(2)20(24-5)17(19(13)23-4)16(21)12-11-15-9-7-6-8-10-15/h6-12H,1-5H3. The predicted octanol–water partition coefficient (Wildman–Crippen LogP) is 4.23. The van der Waals surface area contributed by atoms with Crippen molar-refractivity contribution in [3.8, 4) is 17.2 Å². The summed E-state index contributed by atoms with van der Waals surface area (Å²) in [4.78, 5) is 12.8. The highest BCUT2D eigenvalue weighted by atomic mass is 16.5. The van der Waals surface area contributed by atoms with Crippen molar-refractivity contribution in [2.75, 3.05) is 21.3 Å². The average Bonchev–Trinajstić information content (AvgIpc) is 2.60. The molecule has 2 aromatic rings. The minimum atomic E-state index is -0.179. The average molecular weight is 326 g/mol. The summed E-state index contributed by atoms with van der Waals surface area (Å²) in [6, 6.07) is 9.65. The van der Waals surface area contributed by atoms with E-state index in [0.29, 0.717) is 22.8 Å². The molecule has 0 aliphatic carbocycles. The Morgan fingerprint density at radius 1 is 0.833 bits per heavy atom. The molecule has 0 saturated carbocycles. The normalized spacial score (nSPS) is 10.7. The van der Waals surface area contributed by atoms with Gasteiger partial charge in [-0.15, -0.1) is 0 Å². The Morgan fingerprint density at radius 3 is 1.79 bits per heavy atom. The molecule has 2 aromatic carbocycles. The molecule has 126 valence electrons. The Labute approximate surface area is 142 Å². The summed E-state index contributed by atoms with van der Waals surface area (Å²) >= 11 is 0. The Hall–Kier alpha value is -2.75. The Balaban J connectivity index is 2.56. The van der Waals surface area contributed by atoms with Crippen LogP contribution in [0.2, 0.25) is 0 Å². The van der Waals surface area contributed by atoms with E-state index in [4.69, 9.17) is 14.2 Å². The summed E-state index contributed by atoms with van der Waals surface area (Å²) < 4.78 is 16.4. The summed E-state index contributed by atoms with van der Waals surface area (Å²) in [5.41, 5.74) is 2.90. The molecule has 4 heteroatoms. The fourth-order valence-corrected chi connectivity index (χ4v) is 2.83. The third kappa shape index (κ3) is 3.27. The van der Waals surface area contributed by atoms with Crippen molar-refractivity contribution in [2.24, 2.45) is 0 Å². The number of ketones is 1. The molecule has 0 N–H and O–H groups in total. The topological polar surface area (TPSA) is 44.8 Å². The van der Waals surface area contributed by atoms with E-state index in [1.54, 1.807) is 13.2 Å². The van der Waals surface area contributed by atoms with Gasteiger partial charge in [0.25, 0.3) is 0 Å². The van der Waals surface area contributed by atoms with Crippen molar-refractivity contribution in [2.45, 2.75) is 13.8 Å². The van der Waals surface area contributed by atoms with E-state index in [1.165, 1.54) is 20.3 Å². The lowest BCUT2D eigenvalue weighted by molar-refractivity contribution is 0.104. The molecule has 0 spiro atoms. The summed E-state index contributed by atoms with van der Waals surface area (Å²) in [6.45, 7) is 3.73. The number of hydrogen-bond acceptors (Lipinski definition) is 4. The van der Waals surface area contributed by atoms with Gasteiger partial charge in [0.2, 0.25) is 0 Å². The van der Waals surface area contributed by atoms with E-state index in [2.05, 4.69) is 0 Å². The first-order valence-corrected chi connectivity index (χ1v) is 7.61. The molecule has 0 amide bonds. The van der Waals surface area contributed by atoms with Crippen LogP contribution in [0.1, 0.15) is 27.0 Å². The summed E-state index contributed by atoms with van der Waals surface area (Å²) in [7, 11) is 4.66. The van der Waals surface area contributed by atoms with Gasteiger partial charge >= 0.3 is 0 Å². The number of rotatable bonds is 6. The maximum Gasteiger partial charge on any atom is 0.193 e. The maximum absolute atomic E-state index is 12.8. The Kier molecular flexibility index (Phi) is 5.64. The zero-order valence-electron chi connectivity index (χ0n) is 14.7. The molecule has 0 aliphatic rings. The van der Waals surface area contributed by atoms with E-state index >= 15 is 0 Å². The lowest BCUT2D eigenvalue weighted by Gasteiger charge is -2.19. The van der Waals surface area contributed by atoms with Crippen LogP contribution in [-0.2, 0) is 0 Å². The van der Waals surface area contributed by atoms with Crippen LogP contribution in [0.15, 0.2) is 36.4 Å². The quantitative estimate of drug-likeness (QED) is 0.589. The number of methoxy groups -OCH3 is 3. The van der Waals surface area contributed by atoms with Crippen LogP contribution < -0.4 is 14.2 Å². The summed E-state index contributed by atoms with van der Waals surface area (Å²) in [5.74, 6) is 1.42. The highest BCUT2D eigenvalue weighted by Crippen LogP contribution is 2.43. The number of benzene rings is 2. The van der Waals surface area contributed by atoms with Crippen molar-refractivity contribution in [3.05, 3.63) is 58.7 Å². The fraction of sp³-hybridized carbons (Fsp3) is 0.250. The highest BCUT2D eigenvalue weighted by Gasteiger charge is 2.25. The van der Waals surface area contributed by atoms with Crippen molar-refractivity contribution >= 4 is 11.9 Å². The largest absolute Gasteiger partial charge is 0.496 e. The molecule has 0 atom stereocenters. The van der Waals surface area contributed by atoms with Crippen molar-refractivity contribution in [1.29, 1.82) is 0 Å². The van der Waals surface area contributed by atoms with Crippen LogP contribution in [0.25, 0.3) is 6.08 Å². The number of hydrogen-bond donors (Lipinski definition) is 0. The molecular formula is C20H22O4. The van der Waals surface area contributed by atoms with Gasteiger partial charge in [-0.2, -0.15) is 0 Å². The monoisotopic (exact) mass is 326 g/mol. The van der Waals surface area contributed by atoms with E-state index in [9.17, 15) is 4.79 Å². The Bertz CT molecular complexity index is 730. The fourth-order valence-electron chi connectivity index (χ4n) is 2.83. The van der Waals surface area contributed by atoms with Gasteiger partial charge in [0.15, 0.2) is 5.78 Å². The van der Waals surface area contributed by atoms with E-state index < -0.39 is 0 Å². The lowest BCUT2D eigenvalue weighted by atomic mass is 9.98. The van der Waals surface area contributed by atoms with E-state index in [-0.39, 0.29) is 5.78 Å². The first-order valence-electron chi connectivity index (χ1n) is 7.61. The third-order valence-corrected chi connectivity index (χ3v) is 3.90. The van der Waals surface area contributed by atoms with Crippen molar-refractivity contribution in [3.63, 3.8) is 0 Å². The number of allylic oxidation sites excluding steroid dienone is 1. The number of carbonyl (C=O) groups is 1. The SMILES string of the molecule is COc1c(C)c(OC)c(C(=O)C=Cc2ccccc2)c(OC)c1C. The molecule has 0 radical (unpaired) electrons. The molecule has 4 nitrogen and oxygen atoms in total. The summed E-state index contributed by atoms with van der Waals surface area (Å²) in [6.07, 6.45) is 3.30. The Morgan fingerprint density at radius 2 is 1.33 bits per heavy atom. The molecule has 0 unspecified atom stereocenters. The number of carbonyl (C=O) groups excluding carboxylic acids is 1. The van der Waals surface area contributed by atoms with Crippen LogP contribution in [0, 0.1) is 13.8 Å². The maximum atomic E-state index is 12.8. The second kappa shape index (κ2) is 7.68. The minimum Gasteiger partial charge on any atom is -0.496 e. The zero-order valence-corrected chi connectivity index (χ0v) is 14.7. The summed E-state index contributed by atoms with van der Waals surface area (Å²) in [5, 5.41) is 0. The second-order valence-electron chi connectivity index (χ2n) is 5.33. The van der Waals surface area contributed by atoms with Gasteiger partial charge in [-0.05, 0) is 25.5 Å². The van der Waals surface area contributed by atoms with Gasteiger partial charge in [-0.25, -0.2) is 0 Å². The molecule has 0 heterocycles. The molecule has 0 aliphatic heterocycles. The van der Waals surface area contributed by atoms with Crippen molar-refractivity contribution in [1.82, 2.24) is 0 Å². The van der Waals surface area contributed by atoms with Gasteiger partial charge in [0, 0.05) is 11.1 Å². The molecule has 0 fully saturated rings. The zero-order chi connectivity index (χ0) is 17.7. The predicted molar refractivity (Wildman–Crippen MR) is 95.4 cm³/mol. The van der Waals surface area contributed by atoms with Gasteiger partial charge in [0.05, 0.1) is 21.3 Å². The highest BCUT2D eigenvalue weighted by molar-refractivity contribution is 6.11. The van der Waals surface area contributed by atoms with Crippen molar-refractivity contribution < 1.29 is 19.0 Å². The first-order chi connectivity index (χ1) is 11.5. The molecule has 0 aromatic heterocycles. The van der Waals surface area contributed by atoms with Crippen LogP contribution >= 0.6 is 0 Å². The second-order valence-corrected chi connectivity index (χ2v) is 5.33. The van der Waals surface area contributed by atoms with Crippen LogP contribution in [0.3, 0.4) is 0 Å². The third-order valence-electron chi connectivity index (χ3n) is 3.90. The first kappa shape index (κ1) is 17.6. The van der Waals surface area contributed by atoms with Gasteiger partial charge in [0.1, 0.15) is 22.8 Å². The number of ether oxygens (including phenoxy) is 3. The van der Waals surface area contributed by atoms with Crippen LogP contribution in [0.5, 0.6) is 17.2 Å². The van der Waals surface area contributed by atoms with Gasteiger partial charge < -0.3 is 14.2 Å². The minimum absolute atomic E-state index is 0.179. The molecule has 0 bridgehead atoms. The molecular weight excluding hydrogens is 304 g/mol. The van der Waals surface area contributed by atoms with Crippen LogP contribution in [-0.4, -0.2) is 27.1 Å². The smallest absolute Gasteiger partial charge is 0.193 e. The lowest BCUT2D eigenvalue weighted by Crippen LogP contribution is -2.08.